The Balaban J connectivity index is 3.92. The first-order valence-corrected chi connectivity index (χ1v) is 4.46. The van der Waals surface area contributed by atoms with Gasteiger partial charge in [0, 0.05) is 12.2 Å². The summed E-state index contributed by atoms with van der Waals surface area (Å²) < 4.78 is 5.38. The van der Waals surface area contributed by atoms with Gasteiger partial charge in [-0.25, -0.2) is 4.79 Å². The Morgan fingerprint density at radius 3 is 2.38 bits per heavy atom. The first-order chi connectivity index (χ1) is 5.93. The Labute approximate surface area is 79.4 Å². The van der Waals surface area contributed by atoms with E-state index in [0.717, 1.165) is 0 Å². The van der Waals surface area contributed by atoms with Crippen molar-refractivity contribution in [2.75, 3.05) is 6.61 Å². The molecule has 0 aliphatic carbocycles. The molecule has 1 atom stereocenters. The Bertz CT molecular complexity index is 194. The van der Waals surface area contributed by atoms with Gasteiger partial charge in [-0.2, -0.15) is 0 Å². The first-order valence-electron chi connectivity index (χ1n) is 4.46. The maximum atomic E-state index is 10.4. The van der Waals surface area contributed by atoms with E-state index in [0.29, 0.717) is 18.1 Å². The maximum Gasteiger partial charge on any atom is 0.331 e. The molecule has 3 nitrogen and oxygen atoms in total. The highest BCUT2D eigenvalue weighted by molar-refractivity contribution is 5.85. The van der Waals surface area contributed by atoms with Gasteiger partial charge in [-0.15, -0.1) is 0 Å². The molecule has 0 amide bonds. The summed E-state index contributed by atoms with van der Waals surface area (Å²) >= 11 is 0. The largest absolute Gasteiger partial charge is 0.478 e. The number of carboxylic acids is 1. The zero-order valence-corrected chi connectivity index (χ0v) is 8.70. The standard InChI is InChI=1S/C10H18O3/c1-7(2)6-13-9(4)5-8(3)10(11)12/h5,7,9H,6H2,1-4H3,(H,11,12). The molecule has 0 aromatic heterocycles. The van der Waals surface area contributed by atoms with Gasteiger partial charge in [-0.1, -0.05) is 13.8 Å². The van der Waals surface area contributed by atoms with Crippen LogP contribution >= 0.6 is 0 Å². The molecule has 0 aliphatic rings. The van der Waals surface area contributed by atoms with E-state index in [1.165, 1.54) is 0 Å². The molecule has 0 spiro atoms. The van der Waals surface area contributed by atoms with Gasteiger partial charge >= 0.3 is 5.97 Å². The van der Waals surface area contributed by atoms with Crippen LogP contribution in [-0.2, 0) is 9.53 Å². The molecule has 0 fully saturated rings. The smallest absolute Gasteiger partial charge is 0.331 e. The van der Waals surface area contributed by atoms with Crippen LogP contribution in [0.1, 0.15) is 27.7 Å². The summed E-state index contributed by atoms with van der Waals surface area (Å²) in [6, 6.07) is 0. The molecule has 0 heterocycles. The van der Waals surface area contributed by atoms with Crippen LogP contribution in [0.3, 0.4) is 0 Å². The lowest BCUT2D eigenvalue weighted by Gasteiger charge is -2.11. The monoisotopic (exact) mass is 186 g/mol. The van der Waals surface area contributed by atoms with Gasteiger partial charge in [0.25, 0.3) is 0 Å². The van der Waals surface area contributed by atoms with E-state index in [-0.39, 0.29) is 6.10 Å². The highest BCUT2D eigenvalue weighted by Gasteiger charge is 2.04. The van der Waals surface area contributed by atoms with Crippen LogP contribution in [0.2, 0.25) is 0 Å². The number of aliphatic carboxylic acids is 1. The number of carbonyl (C=O) groups is 1. The minimum atomic E-state index is -0.889. The predicted octanol–water partition coefficient (Wildman–Crippen LogP) is 2.08. The molecule has 0 bridgehead atoms. The quantitative estimate of drug-likeness (QED) is 0.669. The van der Waals surface area contributed by atoms with E-state index >= 15 is 0 Å². The fourth-order valence-corrected chi connectivity index (χ4v) is 0.816. The van der Waals surface area contributed by atoms with Crippen LogP contribution in [0.25, 0.3) is 0 Å². The molecule has 0 aliphatic heterocycles. The Morgan fingerprint density at radius 1 is 1.46 bits per heavy atom. The second-order valence-electron chi connectivity index (χ2n) is 3.59. The van der Waals surface area contributed by atoms with Crippen LogP contribution in [0.4, 0.5) is 0 Å². The molecule has 0 aromatic rings. The number of hydrogen-bond acceptors (Lipinski definition) is 2. The minimum absolute atomic E-state index is 0.126. The third-order valence-electron chi connectivity index (χ3n) is 1.51. The topological polar surface area (TPSA) is 46.5 Å². The molecular formula is C10H18O3. The van der Waals surface area contributed by atoms with Crippen LogP contribution in [0.15, 0.2) is 11.6 Å². The highest BCUT2D eigenvalue weighted by Crippen LogP contribution is 2.02. The van der Waals surface area contributed by atoms with E-state index < -0.39 is 5.97 Å². The zero-order valence-electron chi connectivity index (χ0n) is 8.70. The molecule has 0 saturated carbocycles. The van der Waals surface area contributed by atoms with E-state index in [1.54, 1.807) is 13.0 Å². The van der Waals surface area contributed by atoms with Gasteiger partial charge in [0.05, 0.1) is 6.10 Å². The van der Waals surface area contributed by atoms with E-state index in [2.05, 4.69) is 13.8 Å². The second-order valence-corrected chi connectivity index (χ2v) is 3.59. The van der Waals surface area contributed by atoms with Crippen molar-refractivity contribution in [2.45, 2.75) is 33.8 Å². The van der Waals surface area contributed by atoms with Gasteiger partial charge < -0.3 is 9.84 Å². The molecule has 0 aromatic carbocycles. The van der Waals surface area contributed by atoms with E-state index in [1.807, 2.05) is 6.92 Å². The van der Waals surface area contributed by atoms with Crippen molar-refractivity contribution in [3.63, 3.8) is 0 Å². The summed E-state index contributed by atoms with van der Waals surface area (Å²) in [5, 5.41) is 8.58. The Hall–Kier alpha value is -0.830. The summed E-state index contributed by atoms with van der Waals surface area (Å²) in [5.74, 6) is -0.416. The van der Waals surface area contributed by atoms with Crippen molar-refractivity contribution >= 4 is 5.97 Å². The predicted molar refractivity (Wildman–Crippen MR) is 51.6 cm³/mol. The summed E-state index contributed by atoms with van der Waals surface area (Å²) in [7, 11) is 0. The van der Waals surface area contributed by atoms with Crippen molar-refractivity contribution in [1.82, 2.24) is 0 Å². The lowest BCUT2D eigenvalue weighted by Crippen LogP contribution is -2.12. The average molecular weight is 186 g/mol. The van der Waals surface area contributed by atoms with Crippen LogP contribution in [0, 0.1) is 5.92 Å². The number of rotatable bonds is 5. The lowest BCUT2D eigenvalue weighted by molar-refractivity contribution is -0.132. The lowest BCUT2D eigenvalue weighted by atomic mass is 10.2. The number of hydrogen-bond donors (Lipinski definition) is 1. The Kier molecular flexibility index (Phi) is 5.39. The maximum absolute atomic E-state index is 10.4. The molecule has 76 valence electrons. The molecule has 13 heavy (non-hydrogen) atoms. The minimum Gasteiger partial charge on any atom is -0.478 e. The third-order valence-corrected chi connectivity index (χ3v) is 1.51. The molecular weight excluding hydrogens is 168 g/mol. The van der Waals surface area contributed by atoms with Crippen LogP contribution in [0.5, 0.6) is 0 Å². The molecule has 0 radical (unpaired) electrons. The summed E-state index contributed by atoms with van der Waals surface area (Å²) in [4.78, 5) is 10.4. The molecule has 0 saturated heterocycles. The first kappa shape index (κ1) is 12.2. The van der Waals surface area contributed by atoms with Gasteiger partial charge in [-0.05, 0) is 25.8 Å². The van der Waals surface area contributed by atoms with Crippen molar-refractivity contribution in [2.24, 2.45) is 5.92 Å². The van der Waals surface area contributed by atoms with Crippen molar-refractivity contribution in [1.29, 1.82) is 0 Å². The molecule has 1 N–H and O–H groups in total. The Morgan fingerprint density at radius 2 is 2.00 bits per heavy atom. The van der Waals surface area contributed by atoms with E-state index in [9.17, 15) is 4.79 Å². The molecule has 1 unspecified atom stereocenters. The second kappa shape index (κ2) is 5.75. The summed E-state index contributed by atoms with van der Waals surface area (Å²) in [6.45, 7) is 8.18. The molecule has 0 rings (SSSR count). The fraction of sp³-hybridized carbons (Fsp3) is 0.700. The average Bonchev–Trinajstić information content (AvgIpc) is 2.00. The normalized spacial score (nSPS) is 14.7. The van der Waals surface area contributed by atoms with Gasteiger partial charge in [-0.3, -0.25) is 0 Å². The number of ether oxygens (including phenoxy) is 1. The van der Waals surface area contributed by atoms with Crippen molar-refractivity contribution in [3.05, 3.63) is 11.6 Å². The number of carboxylic acid groups (broad SMARTS) is 1. The van der Waals surface area contributed by atoms with Gasteiger partial charge in [0.2, 0.25) is 0 Å². The van der Waals surface area contributed by atoms with Gasteiger partial charge in [0.15, 0.2) is 0 Å². The molecule has 3 heteroatoms. The van der Waals surface area contributed by atoms with Gasteiger partial charge in [0.1, 0.15) is 0 Å². The third kappa shape index (κ3) is 6.34. The van der Waals surface area contributed by atoms with E-state index in [4.69, 9.17) is 9.84 Å². The zero-order chi connectivity index (χ0) is 10.4. The van der Waals surface area contributed by atoms with Crippen LogP contribution < -0.4 is 0 Å². The summed E-state index contributed by atoms with van der Waals surface area (Å²) in [6.07, 6.45) is 1.49. The highest BCUT2D eigenvalue weighted by atomic mass is 16.5. The summed E-state index contributed by atoms with van der Waals surface area (Å²) in [5.41, 5.74) is 0.330. The van der Waals surface area contributed by atoms with Crippen molar-refractivity contribution in [3.8, 4) is 0 Å². The fourth-order valence-electron chi connectivity index (χ4n) is 0.816. The van der Waals surface area contributed by atoms with Crippen LogP contribution in [-0.4, -0.2) is 23.8 Å². The SMILES string of the molecule is CC(=CC(C)OCC(C)C)C(=O)O. The van der Waals surface area contributed by atoms with Crippen molar-refractivity contribution < 1.29 is 14.6 Å².